The van der Waals surface area contributed by atoms with E-state index < -0.39 is 11.7 Å². The van der Waals surface area contributed by atoms with E-state index in [0.717, 1.165) is 47.9 Å². The van der Waals surface area contributed by atoms with Crippen molar-refractivity contribution < 1.29 is 13.9 Å². The van der Waals surface area contributed by atoms with Crippen LogP contribution in [-0.4, -0.2) is 24.0 Å². The number of nitrogens with one attached hydrogen (secondary N) is 1. The molecule has 0 bridgehead atoms. The molecular formula is C24H24FN3O2S. The Labute approximate surface area is 185 Å². The first-order valence-electron chi connectivity index (χ1n) is 10.3. The number of aromatic nitrogens is 1. The van der Waals surface area contributed by atoms with Gasteiger partial charge in [0.2, 0.25) is 5.91 Å². The molecule has 1 aliphatic heterocycles. The number of carbonyl (C=O) groups excluding carboxylic acids is 1. The van der Waals surface area contributed by atoms with Crippen LogP contribution in [0.4, 0.5) is 15.8 Å². The summed E-state index contributed by atoms with van der Waals surface area (Å²) in [6.45, 7) is 4.04. The lowest BCUT2D eigenvalue weighted by Crippen LogP contribution is -2.21. The van der Waals surface area contributed by atoms with Gasteiger partial charge in [0.15, 0.2) is 0 Å². The van der Waals surface area contributed by atoms with Gasteiger partial charge in [-0.3, -0.25) is 4.79 Å². The van der Waals surface area contributed by atoms with Crippen molar-refractivity contribution in [1.29, 1.82) is 0 Å². The van der Waals surface area contributed by atoms with Crippen molar-refractivity contribution in [3.05, 3.63) is 76.0 Å². The van der Waals surface area contributed by atoms with Crippen molar-refractivity contribution >= 4 is 34.7 Å². The molecule has 1 amide bonds. The Morgan fingerprint density at radius 3 is 2.81 bits per heavy atom. The smallest absolute Gasteiger partial charge is 0.248 e. The molecule has 0 atom stereocenters. The molecule has 1 aliphatic rings. The van der Waals surface area contributed by atoms with Crippen LogP contribution in [0.15, 0.2) is 53.9 Å². The summed E-state index contributed by atoms with van der Waals surface area (Å²) in [5.74, 6) is -0.176. The highest BCUT2D eigenvalue weighted by atomic mass is 32.1. The summed E-state index contributed by atoms with van der Waals surface area (Å²) in [6.07, 6.45) is 5.21. The van der Waals surface area contributed by atoms with E-state index >= 15 is 0 Å². The second kappa shape index (κ2) is 9.75. The fourth-order valence-electron chi connectivity index (χ4n) is 3.56. The first-order chi connectivity index (χ1) is 15.1. The molecule has 7 heteroatoms. The van der Waals surface area contributed by atoms with E-state index in [1.807, 2.05) is 42.6 Å². The number of amides is 1. The largest absolute Gasteiger partial charge is 0.487 e. The van der Waals surface area contributed by atoms with Crippen LogP contribution in [0.1, 0.15) is 29.1 Å². The van der Waals surface area contributed by atoms with Gasteiger partial charge in [0, 0.05) is 30.1 Å². The van der Waals surface area contributed by atoms with Crippen molar-refractivity contribution in [2.75, 3.05) is 23.3 Å². The number of hydrogen-bond donors (Lipinski definition) is 1. The summed E-state index contributed by atoms with van der Waals surface area (Å²) in [5.41, 5.74) is 2.58. The van der Waals surface area contributed by atoms with Crippen LogP contribution in [-0.2, 0) is 11.4 Å². The van der Waals surface area contributed by atoms with Crippen molar-refractivity contribution in [3.8, 4) is 5.75 Å². The zero-order chi connectivity index (χ0) is 21.6. The predicted octanol–water partition coefficient (Wildman–Crippen LogP) is 5.42. The van der Waals surface area contributed by atoms with Gasteiger partial charge in [0.25, 0.3) is 0 Å². The number of aryl methyl sites for hydroxylation is 1. The molecule has 0 saturated carbocycles. The maximum Gasteiger partial charge on any atom is 0.248 e. The Bertz CT molecular complexity index is 1090. The van der Waals surface area contributed by atoms with Crippen LogP contribution in [0.2, 0.25) is 0 Å². The van der Waals surface area contributed by atoms with Gasteiger partial charge in [-0.2, -0.15) is 0 Å². The summed E-state index contributed by atoms with van der Waals surface area (Å²) in [4.78, 5) is 19.1. The van der Waals surface area contributed by atoms with Crippen LogP contribution in [0.3, 0.4) is 0 Å². The van der Waals surface area contributed by atoms with Gasteiger partial charge in [0.05, 0.1) is 16.4 Å². The average molecular weight is 438 g/mol. The molecule has 2 aromatic carbocycles. The zero-order valence-electron chi connectivity index (χ0n) is 17.3. The van der Waals surface area contributed by atoms with Gasteiger partial charge in [-0.25, -0.2) is 9.37 Å². The highest BCUT2D eigenvalue weighted by molar-refractivity contribution is 7.09. The Hall–Kier alpha value is -3.19. The number of halogens is 1. The Morgan fingerprint density at radius 1 is 1.23 bits per heavy atom. The molecule has 0 spiro atoms. The van der Waals surface area contributed by atoms with Gasteiger partial charge in [-0.1, -0.05) is 24.3 Å². The lowest BCUT2D eigenvalue weighted by Gasteiger charge is -2.21. The fraction of sp³-hybridized carbons (Fsp3) is 0.250. The van der Waals surface area contributed by atoms with Crippen LogP contribution in [0, 0.1) is 12.7 Å². The highest BCUT2D eigenvalue weighted by Gasteiger charge is 2.19. The summed E-state index contributed by atoms with van der Waals surface area (Å²) < 4.78 is 20.4. The van der Waals surface area contributed by atoms with E-state index in [1.54, 1.807) is 23.5 Å². The van der Waals surface area contributed by atoms with Crippen LogP contribution in [0.25, 0.3) is 6.08 Å². The molecule has 2 heterocycles. The lowest BCUT2D eigenvalue weighted by atomic mass is 10.2. The second-order valence-electron chi connectivity index (χ2n) is 7.34. The maximum absolute atomic E-state index is 14.5. The molecule has 1 N–H and O–H groups in total. The number of para-hydroxylation sites is 2. The first-order valence-corrected chi connectivity index (χ1v) is 11.1. The Morgan fingerprint density at radius 2 is 2.03 bits per heavy atom. The number of rotatable bonds is 7. The molecule has 4 rings (SSSR count). The molecular weight excluding hydrogens is 413 g/mol. The highest BCUT2D eigenvalue weighted by Crippen LogP contribution is 2.31. The van der Waals surface area contributed by atoms with Crippen molar-refractivity contribution in [2.24, 2.45) is 0 Å². The number of thiazole rings is 1. The van der Waals surface area contributed by atoms with E-state index in [0.29, 0.717) is 12.4 Å². The fourth-order valence-corrected chi connectivity index (χ4v) is 4.16. The average Bonchev–Trinajstić information content (AvgIpc) is 3.45. The number of hydrogen-bond acceptors (Lipinski definition) is 5. The van der Waals surface area contributed by atoms with Gasteiger partial charge in [-0.05, 0) is 44.0 Å². The van der Waals surface area contributed by atoms with Crippen LogP contribution in [0.5, 0.6) is 5.75 Å². The summed E-state index contributed by atoms with van der Waals surface area (Å²) in [7, 11) is 0. The van der Waals surface area contributed by atoms with E-state index in [1.165, 1.54) is 12.1 Å². The summed E-state index contributed by atoms with van der Waals surface area (Å²) in [5, 5.41) is 5.67. The normalized spacial score (nSPS) is 13.7. The maximum atomic E-state index is 14.5. The third kappa shape index (κ3) is 5.30. The van der Waals surface area contributed by atoms with Gasteiger partial charge < -0.3 is 15.0 Å². The third-order valence-electron chi connectivity index (χ3n) is 5.06. The molecule has 0 radical (unpaired) electrons. The third-order valence-corrected chi connectivity index (χ3v) is 5.88. The van der Waals surface area contributed by atoms with E-state index in [9.17, 15) is 9.18 Å². The van der Waals surface area contributed by atoms with E-state index in [-0.39, 0.29) is 5.69 Å². The monoisotopic (exact) mass is 437 g/mol. The summed E-state index contributed by atoms with van der Waals surface area (Å²) in [6, 6.07) is 12.3. The Kier molecular flexibility index (Phi) is 6.62. The molecule has 160 valence electrons. The molecule has 1 aromatic heterocycles. The van der Waals surface area contributed by atoms with Crippen molar-refractivity contribution in [2.45, 2.75) is 26.4 Å². The minimum atomic E-state index is -0.437. The number of carbonyl (C=O) groups is 1. The van der Waals surface area contributed by atoms with E-state index in [4.69, 9.17) is 4.74 Å². The minimum Gasteiger partial charge on any atom is -0.487 e. The van der Waals surface area contributed by atoms with Gasteiger partial charge in [0.1, 0.15) is 23.9 Å². The van der Waals surface area contributed by atoms with Gasteiger partial charge in [-0.15, -0.1) is 11.3 Å². The SMILES string of the molecule is Cc1nc(COc2ccccc2/C=C/C(=O)Nc2c(F)cccc2N2CCCC2)cs1. The second-order valence-corrected chi connectivity index (χ2v) is 8.40. The zero-order valence-corrected chi connectivity index (χ0v) is 18.1. The number of nitrogens with zero attached hydrogens (tertiary/aromatic N) is 2. The number of ether oxygens (including phenoxy) is 1. The predicted molar refractivity (Wildman–Crippen MR) is 123 cm³/mol. The lowest BCUT2D eigenvalue weighted by molar-refractivity contribution is -0.111. The minimum absolute atomic E-state index is 0.225. The Balaban J connectivity index is 1.45. The standard InChI is InChI=1S/C24H24FN3O2S/c1-17-26-19(16-31-17)15-30-22-10-3-2-7-18(22)11-12-23(29)27-24-20(25)8-6-9-21(24)28-13-4-5-14-28/h2-3,6-12,16H,4-5,13-15H2,1H3,(H,27,29)/b12-11+. The van der Waals surface area contributed by atoms with Gasteiger partial charge >= 0.3 is 0 Å². The van der Waals surface area contributed by atoms with Crippen molar-refractivity contribution in [3.63, 3.8) is 0 Å². The first kappa shape index (κ1) is 21.1. The molecule has 3 aromatic rings. The van der Waals surface area contributed by atoms with Crippen molar-refractivity contribution in [1.82, 2.24) is 4.98 Å². The topological polar surface area (TPSA) is 54.5 Å². The van der Waals surface area contributed by atoms with Crippen LogP contribution < -0.4 is 15.0 Å². The number of benzene rings is 2. The molecule has 5 nitrogen and oxygen atoms in total. The number of anilines is 2. The quantitative estimate of drug-likeness (QED) is 0.502. The van der Waals surface area contributed by atoms with E-state index in [2.05, 4.69) is 15.2 Å². The summed E-state index contributed by atoms with van der Waals surface area (Å²) >= 11 is 1.58. The molecule has 0 unspecified atom stereocenters. The molecule has 0 aliphatic carbocycles. The molecule has 31 heavy (non-hydrogen) atoms. The molecule has 1 saturated heterocycles. The molecule has 1 fully saturated rings. The van der Waals surface area contributed by atoms with Crippen LogP contribution >= 0.6 is 11.3 Å².